The van der Waals surface area contributed by atoms with Crippen molar-refractivity contribution in [3.8, 4) is 0 Å². The molecule has 0 radical (unpaired) electrons. The summed E-state index contributed by atoms with van der Waals surface area (Å²) in [7, 11) is 0. The molecule has 1 amide bonds. The third kappa shape index (κ3) is 4.39. The van der Waals surface area contributed by atoms with Crippen LogP contribution in [0.2, 0.25) is 0 Å². The van der Waals surface area contributed by atoms with Gasteiger partial charge in [-0.05, 0) is 18.1 Å². The molecule has 1 atom stereocenters. The number of halogens is 3. The summed E-state index contributed by atoms with van der Waals surface area (Å²) in [4.78, 5) is 14.6. The van der Waals surface area contributed by atoms with E-state index in [9.17, 15) is 18.0 Å². The molecule has 0 fully saturated rings. The van der Waals surface area contributed by atoms with Crippen LogP contribution in [0.5, 0.6) is 0 Å². The Balaban J connectivity index is 3.06. The van der Waals surface area contributed by atoms with Gasteiger partial charge in [0.1, 0.15) is 10.7 Å². The number of primary amides is 1. The molecule has 8 heteroatoms. The van der Waals surface area contributed by atoms with Crippen molar-refractivity contribution < 1.29 is 23.1 Å². The number of aromatic nitrogens is 1. The molecular weight excluding hydrogens is 281 g/mol. The van der Waals surface area contributed by atoms with Gasteiger partial charge >= 0.3 is 6.18 Å². The van der Waals surface area contributed by atoms with Gasteiger partial charge in [-0.15, -0.1) is 11.8 Å². The lowest BCUT2D eigenvalue weighted by Gasteiger charge is -2.12. The van der Waals surface area contributed by atoms with Crippen molar-refractivity contribution in [2.24, 2.45) is 11.7 Å². The Hall–Kier alpha value is -1.28. The van der Waals surface area contributed by atoms with E-state index in [4.69, 9.17) is 10.8 Å². The summed E-state index contributed by atoms with van der Waals surface area (Å²) < 4.78 is 37.6. The Morgan fingerprint density at radius 3 is 2.63 bits per heavy atom. The number of nitrogens with zero attached hydrogens (tertiary/aromatic N) is 1. The fraction of sp³-hybridized carbons (Fsp3) is 0.455. The average Bonchev–Trinajstić information content (AvgIpc) is 2.34. The van der Waals surface area contributed by atoms with Crippen molar-refractivity contribution in [3.05, 3.63) is 23.4 Å². The van der Waals surface area contributed by atoms with Crippen molar-refractivity contribution in [1.29, 1.82) is 0 Å². The van der Waals surface area contributed by atoms with Crippen molar-refractivity contribution in [3.63, 3.8) is 0 Å². The number of aliphatic hydroxyl groups is 1. The fourth-order valence-corrected chi connectivity index (χ4v) is 2.20. The second-order valence-corrected chi connectivity index (χ2v) is 5.02. The zero-order valence-electron chi connectivity index (χ0n) is 10.1. The molecule has 1 rings (SSSR count). The van der Waals surface area contributed by atoms with E-state index < -0.39 is 17.8 Å². The molecule has 0 aliphatic carbocycles. The lowest BCUT2D eigenvalue weighted by molar-refractivity contribution is -0.141. The molecule has 0 spiro atoms. The number of pyridine rings is 1. The fourth-order valence-electron chi connectivity index (χ4n) is 1.17. The highest BCUT2D eigenvalue weighted by atomic mass is 32.2. The zero-order valence-corrected chi connectivity index (χ0v) is 10.9. The number of amides is 1. The molecule has 106 valence electrons. The van der Waals surface area contributed by atoms with Crippen LogP contribution in [0.15, 0.2) is 17.2 Å². The van der Waals surface area contributed by atoms with E-state index in [0.29, 0.717) is 5.75 Å². The topological polar surface area (TPSA) is 76.2 Å². The van der Waals surface area contributed by atoms with Gasteiger partial charge in [0.25, 0.3) is 5.91 Å². The van der Waals surface area contributed by atoms with Gasteiger partial charge in [-0.3, -0.25) is 4.79 Å². The van der Waals surface area contributed by atoms with Gasteiger partial charge < -0.3 is 10.8 Å². The summed E-state index contributed by atoms with van der Waals surface area (Å²) in [6, 6.07) is 1.74. The van der Waals surface area contributed by atoms with Crippen LogP contribution >= 0.6 is 11.8 Å². The number of carbonyl (C=O) groups is 1. The number of hydrogen-bond donors (Lipinski definition) is 2. The van der Waals surface area contributed by atoms with E-state index in [1.807, 2.05) is 0 Å². The highest BCUT2D eigenvalue weighted by Crippen LogP contribution is 2.31. The monoisotopic (exact) mass is 294 g/mol. The largest absolute Gasteiger partial charge is 0.433 e. The molecule has 1 unspecified atom stereocenters. The maximum absolute atomic E-state index is 12.5. The van der Waals surface area contributed by atoms with Crippen LogP contribution in [0.1, 0.15) is 23.0 Å². The maximum Gasteiger partial charge on any atom is 0.433 e. The molecule has 0 saturated carbocycles. The summed E-state index contributed by atoms with van der Waals surface area (Å²) in [6.45, 7) is 1.63. The Morgan fingerprint density at radius 1 is 1.53 bits per heavy atom. The van der Waals surface area contributed by atoms with Crippen LogP contribution in [0.4, 0.5) is 13.2 Å². The van der Waals surface area contributed by atoms with Gasteiger partial charge in [0.15, 0.2) is 0 Å². The minimum absolute atomic E-state index is 0.0526. The van der Waals surface area contributed by atoms with E-state index in [-0.39, 0.29) is 23.1 Å². The molecule has 0 aromatic carbocycles. The summed E-state index contributed by atoms with van der Waals surface area (Å²) in [5.74, 6) is -0.618. The average molecular weight is 294 g/mol. The van der Waals surface area contributed by atoms with E-state index in [1.54, 1.807) is 6.92 Å². The van der Waals surface area contributed by atoms with E-state index in [2.05, 4.69) is 4.98 Å². The van der Waals surface area contributed by atoms with Crippen LogP contribution in [-0.2, 0) is 6.18 Å². The smallest absolute Gasteiger partial charge is 0.396 e. The number of thioether (sulfide) groups is 1. The molecule has 1 aromatic rings. The molecule has 1 aromatic heterocycles. The SMILES string of the molecule is CC(CO)CSc1nc(C(F)(F)F)ccc1C(N)=O. The quantitative estimate of drug-likeness (QED) is 0.813. The summed E-state index contributed by atoms with van der Waals surface area (Å²) in [6.07, 6.45) is -4.58. The Bertz CT molecular complexity index is 466. The normalized spacial score (nSPS) is 13.3. The number of hydrogen-bond acceptors (Lipinski definition) is 4. The summed E-state index contributed by atoms with van der Waals surface area (Å²) >= 11 is 0.966. The van der Waals surface area contributed by atoms with Crippen molar-refractivity contribution >= 4 is 17.7 Å². The molecule has 3 N–H and O–H groups in total. The Kier molecular flexibility index (Phi) is 5.19. The van der Waals surface area contributed by atoms with Crippen molar-refractivity contribution in [2.75, 3.05) is 12.4 Å². The van der Waals surface area contributed by atoms with Crippen molar-refractivity contribution in [2.45, 2.75) is 18.1 Å². The number of alkyl halides is 3. The summed E-state index contributed by atoms with van der Waals surface area (Å²) in [5, 5.41) is 8.80. The summed E-state index contributed by atoms with van der Waals surface area (Å²) in [5.41, 5.74) is 3.96. The zero-order chi connectivity index (χ0) is 14.6. The minimum Gasteiger partial charge on any atom is -0.396 e. The molecule has 0 aliphatic heterocycles. The third-order valence-electron chi connectivity index (χ3n) is 2.23. The number of nitrogens with two attached hydrogens (primary N) is 1. The first-order valence-electron chi connectivity index (χ1n) is 5.37. The van der Waals surface area contributed by atoms with Gasteiger partial charge in [-0.2, -0.15) is 13.2 Å². The first kappa shape index (κ1) is 15.8. The lowest BCUT2D eigenvalue weighted by atomic mass is 10.2. The van der Waals surface area contributed by atoms with Gasteiger partial charge in [-0.25, -0.2) is 4.98 Å². The van der Waals surface area contributed by atoms with E-state index in [1.165, 1.54) is 0 Å². The lowest BCUT2D eigenvalue weighted by Crippen LogP contribution is -2.16. The maximum atomic E-state index is 12.5. The van der Waals surface area contributed by atoms with Gasteiger partial charge in [0, 0.05) is 12.4 Å². The Morgan fingerprint density at radius 2 is 2.16 bits per heavy atom. The molecule has 19 heavy (non-hydrogen) atoms. The number of carbonyl (C=O) groups excluding carboxylic acids is 1. The van der Waals surface area contributed by atoms with Gasteiger partial charge in [0.05, 0.1) is 5.56 Å². The second-order valence-electron chi connectivity index (χ2n) is 4.01. The predicted octanol–water partition coefficient (Wildman–Crippen LogP) is 1.92. The van der Waals surface area contributed by atoms with Crippen LogP contribution in [0.3, 0.4) is 0 Å². The molecule has 1 heterocycles. The van der Waals surface area contributed by atoms with Gasteiger partial charge in [-0.1, -0.05) is 6.92 Å². The van der Waals surface area contributed by atoms with Crippen molar-refractivity contribution in [1.82, 2.24) is 4.98 Å². The number of aliphatic hydroxyl groups excluding tert-OH is 1. The molecule has 0 bridgehead atoms. The first-order valence-corrected chi connectivity index (χ1v) is 6.36. The highest BCUT2D eigenvalue weighted by molar-refractivity contribution is 7.99. The second kappa shape index (κ2) is 6.25. The highest BCUT2D eigenvalue weighted by Gasteiger charge is 2.33. The molecular formula is C11H13F3N2O2S. The first-order chi connectivity index (χ1) is 8.75. The van der Waals surface area contributed by atoms with Crippen LogP contribution in [0, 0.1) is 5.92 Å². The number of rotatable bonds is 5. The Labute approximate surface area is 112 Å². The molecule has 4 nitrogen and oxygen atoms in total. The predicted molar refractivity (Wildman–Crippen MR) is 64.7 cm³/mol. The van der Waals surface area contributed by atoms with Crippen LogP contribution in [-0.4, -0.2) is 28.4 Å². The van der Waals surface area contributed by atoms with Gasteiger partial charge in [0.2, 0.25) is 0 Å². The third-order valence-corrected chi connectivity index (χ3v) is 3.55. The molecule has 0 saturated heterocycles. The van der Waals surface area contributed by atoms with E-state index in [0.717, 1.165) is 23.9 Å². The molecule has 0 aliphatic rings. The standard InChI is InChI=1S/C11H13F3N2O2S/c1-6(4-17)5-19-10-7(9(15)18)2-3-8(16-10)11(12,13)14/h2-3,6,17H,4-5H2,1H3,(H2,15,18). The van der Waals surface area contributed by atoms with Crippen LogP contribution in [0.25, 0.3) is 0 Å². The minimum atomic E-state index is -4.58. The van der Waals surface area contributed by atoms with Crippen LogP contribution < -0.4 is 5.73 Å². The van der Waals surface area contributed by atoms with E-state index >= 15 is 0 Å².